The van der Waals surface area contributed by atoms with E-state index < -0.39 is 0 Å². The van der Waals surface area contributed by atoms with Gasteiger partial charge in [-0.25, -0.2) is 0 Å². The predicted molar refractivity (Wildman–Crippen MR) is 117 cm³/mol. The first-order valence-corrected chi connectivity index (χ1v) is 8.78. The zero-order chi connectivity index (χ0) is 20.0. The lowest BCUT2D eigenvalue weighted by Gasteiger charge is -1.99. The summed E-state index contributed by atoms with van der Waals surface area (Å²) in [6, 6.07) is 23.9. The average molecular weight is 360 g/mol. The third-order valence-electron chi connectivity index (χ3n) is 3.78. The van der Waals surface area contributed by atoms with Gasteiger partial charge in [-0.05, 0) is 28.9 Å². The number of hydrogen-bond donors (Lipinski definition) is 0. The number of hydrogen-bond acceptors (Lipinski definition) is 2. The predicted octanol–water partition coefficient (Wildman–Crippen LogP) is 6.43. The molecular weight excluding hydrogens is 340 g/mol. The Bertz CT molecular complexity index is 1020. The van der Waals surface area contributed by atoms with Crippen LogP contribution in [0.5, 0.6) is 0 Å². The smallest absolute Gasteiger partial charge is 0.0998 e. The van der Waals surface area contributed by atoms with Gasteiger partial charge in [-0.2, -0.15) is 10.5 Å². The van der Waals surface area contributed by atoms with E-state index in [4.69, 9.17) is 0 Å². The minimum Gasteiger partial charge on any atom is -0.192 e. The second-order valence-electron chi connectivity index (χ2n) is 5.78. The Balaban J connectivity index is 2.41. The fraction of sp³-hybridized carbons (Fsp3) is 0. The van der Waals surface area contributed by atoms with Crippen LogP contribution < -0.4 is 0 Å². The third-order valence-corrected chi connectivity index (χ3v) is 3.78. The van der Waals surface area contributed by atoms with Crippen LogP contribution in [0.25, 0.3) is 12.2 Å². The molecule has 0 unspecified atom stereocenters. The maximum Gasteiger partial charge on any atom is 0.0998 e. The maximum absolute atomic E-state index is 9.64. The lowest BCUT2D eigenvalue weighted by atomic mass is 10.0. The monoisotopic (exact) mass is 360 g/mol. The van der Waals surface area contributed by atoms with E-state index in [2.05, 4.69) is 18.7 Å². The van der Waals surface area contributed by atoms with Crippen LogP contribution in [-0.2, 0) is 0 Å². The maximum atomic E-state index is 9.64. The number of benzene rings is 2. The largest absolute Gasteiger partial charge is 0.192 e. The van der Waals surface area contributed by atoms with E-state index in [-0.39, 0.29) is 0 Å². The highest BCUT2D eigenvalue weighted by Crippen LogP contribution is 2.15. The quantitative estimate of drug-likeness (QED) is 0.422. The van der Waals surface area contributed by atoms with Gasteiger partial charge in [0.1, 0.15) is 0 Å². The summed E-state index contributed by atoms with van der Waals surface area (Å²) >= 11 is 0. The molecule has 0 spiro atoms. The van der Waals surface area contributed by atoms with Crippen molar-refractivity contribution in [3.63, 3.8) is 0 Å². The SMILES string of the molecule is C=CC=CC(C=Cc1ccccc1)=C(C#N)C=C(C#N)C=Cc1ccccc1. The second-order valence-corrected chi connectivity index (χ2v) is 5.78. The standard InChI is InChI=1S/C26H20N2/c1-2-3-14-25(18-17-23-12-8-5-9-13-23)26(21-28)19-24(20-27)16-15-22-10-6-4-7-11-22/h2-19H,1H2. The van der Waals surface area contributed by atoms with Crippen molar-refractivity contribution in [1.29, 1.82) is 10.5 Å². The van der Waals surface area contributed by atoms with Crippen LogP contribution in [0.4, 0.5) is 0 Å². The average Bonchev–Trinajstić information content (AvgIpc) is 2.76. The fourth-order valence-corrected chi connectivity index (χ4v) is 2.36. The van der Waals surface area contributed by atoms with Gasteiger partial charge in [0.05, 0.1) is 23.3 Å². The summed E-state index contributed by atoms with van der Waals surface area (Å²) in [7, 11) is 0. The highest BCUT2D eigenvalue weighted by Gasteiger charge is 2.01. The van der Waals surface area contributed by atoms with Gasteiger partial charge >= 0.3 is 0 Å². The molecule has 2 heteroatoms. The molecule has 0 fully saturated rings. The molecule has 0 aliphatic carbocycles. The van der Waals surface area contributed by atoms with Gasteiger partial charge in [-0.15, -0.1) is 0 Å². The summed E-state index contributed by atoms with van der Waals surface area (Å²) in [5.41, 5.74) is 3.52. The van der Waals surface area contributed by atoms with E-state index in [0.29, 0.717) is 16.7 Å². The molecule has 0 aromatic heterocycles. The molecule has 0 N–H and O–H groups in total. The number of nitrogens with zero attached hydrogens (tertiary/aromatic N) is 2. The van der Waals surface area contributed by atoms with E-state index >= 15 is 0 Å². The molecule has 0 aliphatic heterocycles. The van der Waals surface area contributed by atoms with Gasteiger partial charge in [0.15, 0.2) is 0 Å². The van der Waals surface area contributed by atoms with Gasteiger partial charge in [0, 0.05) is 0 Å². The Morgan fingerprint density at radius 1 is 0.750 bits per heavy atom. The van der Waals surface area contributed by atoms with E-state index in [1.54, 1.807) is 30.4 Å². The minimum atomic E-state index is 0.401. The minimum absolute atomic E-state index is 0.401. The molecule has 2 rings (SSSR count). The zero-order valence-electron chi connectivity index (χ0n) is 15.5. The van der Waals surface area contributed by atoms with Crippen molar-refractivity contribution in [2.24, 2.45) is 0 Å². The molecule has 0 radical (unpaired) electrons. The van der Waals surface area contributed by atoms with Crippen molar-refractivity contribution >= 4 is 12.2 Å². The van der Waals surface area contributed by atoms with Crippen molar-refractivity contribution in [3.8, 4) is 12.1 Å². The van der Waals surface area contributed by atoms with Crippen molar-refractivity contribution in [2.75, 3.05) is 0 Å². The molecular formula is C26H20N2. The van der Waals surface area contributed by atoms with Crippen LogP contribution in [-0.4, -0.2) is 0 Å². The molecule has 0 saturated carbocycles. The first-order valence-electron chi connectivity index (χ1n) is 8.78. The van der Waals surface area contributed by atoms with E-state index in [0.717, 1.165) is 11.1 Å². The van der Waals surface area contributed by atoms with Gasteiger partial charge in [-0.1, -0.05) is 104 Å². The lowest BCUT2D eigenvalue weighted by molar-refractivity contribution is 1.45. The highest BCUT2D eigenvalue weighted by molar-refractivity contribution is 5.62. The summed E-state index contributed by atoms with van der Waals surface area (Å²) in [5.74, 6) is 0. The zero-order valence-corrected chi connectivity index (χ0v) is 15.5. The van der Waals surface area contributed by atoms with Gasteiger partial charge in [-0.3, -0.25) is 0 Å². The first-order chi connectivity index (χ1) is 13.8. The Hall–Kier alpha value is -4.14. The van der Waals surface area contributed by atoms with Crippen molar-refractivity contribution < 1.29 is 0 Å². The number of nitriles is 2. The molecule has 2 aromatic carbocycles. The van der Waals surface area contributed by atoms with Crippen LogP contribution in [0.1, 0.15) is 11.1 Å². The van der Waals surface area contributed by atoms with E-state index in [9.17, 15) is 10.5 Å². The van der Waals surface area contributed by atoms with Gasteiger partial charge in [0.25, 0.3) is 0 Å². The van der Waals surface area contributed by atoms with Crippen LogP contribution in [0.3, 0.4) is 0 Å². The summed E-state index contributed by atoms with van der Waals surface area (Å²) in [4.78, 5) is 0. The van der Waals surface area contributed by atoms with Crippen LogP contribution in [0.2, 0.25) is 0 Å². The third kappa shape index (κ3) is 6.64. The number of rotatable bonds is 7. The fourth-order valence-electron chi connectivity index (χ4n) is 2.36. The molecule has 0 atom stereocenters. The molecule has 134 valence electrons. The highest BCUT2D eigenvalue weighted by atomic mass is 14.3. The Labute approximate surface area is 166 Å². The van der Waals surface area contributed by atoms with E-state index in [1.807, 2.05) is 78.9 Å². The number of allylic oxidation sites excluding steroid dienone is 9. The van der Waals surface area contributed by atoms with Crippen LogP contribution >= 0.6 is 0 Å². The van der Waals surface area contributed by atoms with Crippen molar-refractivity contribution in [1.82, 2.24) is 0 Å². The molecule has 0 aliphatic rings. The Morgan fingerprint density at radius 3 is 1.82 bits per heavy atom. The Morgan fingerprint density at radius 2 is 1.32 bits per heavy atom. The van der Waals surface area contributed by atoms with E-state index in [1.165, 1.54) is 0 Å². The normalized spacial score (nSPS) is 12.7. The van der Waals surface area contributed by atoms with Crippen LogP contribution in [0, 0.1) is 22.7 Å². The summed E-state index contributed by atoms with van der Waals surface area (Å²) in [6.45, 7) is 3.68. The second kappa shape index (κ2) is 11.5. The summed E-state index contributed by atoms with van der Waals surface area (Å²) in [5, 5.41) is 19.1. The molecule has 28 heavy (non-hydrogen) atoms. The molecule has 0 saturated heterocycles. The first kappa shape index (κ1) is 20.2. The summed E-state index contributed by atoms with van der Waals surface area (Å²) in [6.07, 6.45) is 14.2. The lowest BCUT2D eigenvalue weighted by Crippen LogP contribution is -1.84. The molecule has 0 bridgehead atoms. The van der Waals surface area contributed by atoms with Crippen molar-refractivity contribution in [3.05, 3.63) is 132 Å². The molecule has 2 aromatic rings. The molecule has 0 amide bonds. The van der Waals surface area contributed by atoms with Crippen molar-refractivity contribution in [2.45, 2.75) is 0 Å². The summed E-state index contributed by atoms with van der Waals surface area (Å²) < 4.78 is 0. The van der Waals surface area contributed by atoms with Crippen LogP contribution in [0.15, 0.2) is 120 Å². The molecule has 2 nitrogen and oxygen atoms in total. The Kier molecular flexibility index (Phi) is 8.27. The van der Waals surface area contributed by atoms with Gasteiger partial charge in [0.2, 0.25) is 0 Å². The topological polar surface area (TPSA) is 47.6 Å². The van der Waals surface area contributed by atoms with Gasteiger partial charge < -0.3 is 0 Å². The molecule has 0 heterocycles.